The number of hydrogen-bond donors (Lipinski definition) is 2. The van der Waals surface area contributed by atoms with E-state index in [-0.39, 0.29) is 34.8 Å². The van der Waals surface area contributed by atoms with Crippen LogP contribution in [0.1, 0.15) is 60.3 Å². The van der Waals surface area contributed by atoms with Crippen LogP contribution in [0.2, 0.25) is 10.0 Å². The lowest BCUT2D eigenvalue weighted by molar-refractivity contribution is 0.0518. The van der Waals surface area contributed by atoms with Crippen LogP contribution in [0.25, 0.3) is 0 Å². The summed E-state index contributed by atoms with van der Waals surface area (Å²) in [5.74, 6) is -0.706. The van der Waals surface area contributed by atoms with Gasteiger partial charge in [-0.15, -0.1) is 0 Å². The number of carbonyl (C=O) groups is 1. The van der Waals surface area contributed by atoms with Gasteiger partial charge in [0.2, 0.25) is 0 Å². The molecule has 0 saturated heterocycles. The Morgan fingerprint density at radius 1 is 1.28 bits per heavy atom. The van der Waals surface area contributed by atoms with Crippen molar-refractivity contribution in [3.05, 3.63) is 67.9 Å². The van der Waals surface area contributed by atoms with E-state index in [0.717, 1.165) is 5.56 Å². The molecular formula is C22H23BrCl2N4O3. The Kier molecular flexibility index (Phi) is 7.69. The van der Waals surface area contributed by atoms with Crippen molar-refractivity contribution in [3.8, 4) is 5.75 Å². The molecule has 10 heteroatoms. The van der Waals surface area contributed by atoms with Gasteiger partial charge in [0.1, 0.15) is 17.5 Å². The van der Waals surface area contributed by atoms with Crippen molar-refractivity contribution >= 4 is 50.8 Å². The van der Waals surface area contributed by atoms with Crippen LogP contribution in [-0.4, -0.2) is 32.2 Å². The molecule has 1 unspecified atom stereocenters. The maximum atomic E-state index is 12.8. The van der Waals surface area contributed by atoms with E-state index in [1.807, 2.05) is 31.4 Å². The summed E-state index contributed by atoms with van der Waals surface area (Å²) in [6.45, 7) is 7.76. The number of aromatic hydroxyl groups is 1. The minimum absolute atomic E-state index is 0.0748. The molecule has 2 heterocycles. The van der Waals surface area contributed by atoms with E-state index in [1.54, 1.807) is 19.1 Å². The molecule has 0 spiro atoms. The van der Waals surface area contributed by atoms with Crippen molar-refractivity contribution in [1.82, 2.24) is 14.5 Å². The maximum Gasteiger partial charge on any atom is 0.358 e. The van der Waals surface area contributed by atoms with E-state index in [2.05, 4.69) is 31.2 Å². The lowest BCUT2D eigenvalue weighted by Crippen LogP contribution is -2.23. The van der Waals surface area contributed by atoms with E-state index < -0.39 is 12.0 Å². The van der Waals surface area contributed by atoms with Gasteiger partial charge in [-0.25, -0.2) is 9.78 Å². The first kappa shape index (κ1) is 24.4. The topological polar surface area (TPSA) is 89.3 Å². The summed E-state index contributed by atoms with van der Waals surface area (Å²) in [6, 6.07) is 5.98. The normalized spacial score (nSPS) is 12.1. The van der Waals surface area contributed by atoms with Gasteiger partial charge >= 0.3 is 5.97 Å². The molecule has 0 aliphatic carbocycles. The monoisotopic (exact) mass is 540 g/mol. The van der Waals surface area contributed by atoms with Gasteiger partial charge in [-0.3, -0.25) is 4.98 Å². The number of benzene rings is 1. The van der Waals surface area contributed by atoms with Crippen LogP contribution in [0.5, 0.6) is 5.75 Å². The molecule has 2 N–H and O–H groups in total. The number of nitrogens with zero attached hydrogens (tertiary/aromatic N) is 3. The Morgan fingerprint density at radius 2 is 2.00 bits per heavy atom. The lowest BCUT2D eigenvalue weighted by Gasteiger charge is -2.25. The summed E-state index contributed by atoms with van der Waals surface area (Å²) >= 11 is 15.7. The van der Waals surface area contributed by atoms with Crippen molar-refractivity contribution in [2.75, 3.05) is 11.9 Å². The number of carbonyl (C=O) groups excluding carboxylic acids is 1. The van der Waals surface area contributed by atoms with Crippen molar-refractivity contribution in [3.63, 3.8) is 0 Å². The molecule has 0 aliphatic rings. The van der Waals surface area contributed by atoms with Gasteiger partial charge in [0, 0.05) is 29.0 Å². The Morgan fingerprint density at radius 3 is 2.62 bits per heavy atom. The number of aromatic nitrogens is 3. The summed E-state index contributed by atoms with van der Waals surface area (Å²) < 4.78 is 7.56. The largest absolute Gasteiger partial charge is 0.506 e. The van der Waals surface area contributed by atoms with Crippen molar-refractivity contribution in [2.24, 2.45) is 0 Å². The summed E-state index contributed by atoms with van der Waals surface area (Å²) in [5.41, 5.74) is 2.49. The molecule has 0 radical (unpaired) electrons. The number of ether oxygens (including phenoxy) is 1. The highest BCUT2D eigenvalue weighted by Crippen LogP contribution is 2.38. The molecule has 32 heavy (non-hydrogen) atoms. The summed E-state index contributed by atoms with van der Waals surface area (Å²) in [5, 5.41) is 14.9. The highest BCUT2D eigenvalue weighted by atomic mass is 79.9. The van der Waals surface area contributed by atoms with Gasteiger partial charge in [0.05, 0.1) is 17.3 Å². The second-order valence-electron chi connectivity index (χ2n) is 7.39. The average Bonchev–Trinajstić information content (AvgIpc) is 3.06. The number of esters is 1. The Balaban J connectivity index is 2.30. The molecule has 2 aromatic heterocycles. The zero-order valence-corrected chi connectivity index (χ0v) is 21.1. The highest BCUT2D eigenvalue weighted by Gasteiger charge is 2.33. The predicted molar refractivity (Wildman–Crippen MR) is 129 cm³/mol. The molecule has 0 bridgehead atoms. The number of hydrogen-bond acceptors (Lipinski definition) is 6. The molecule has 1 atom stereocenters. The van der Waals surface area contributed by atoms with Crippen molar-refractivity contribution in [1.29, 1.82) is 0 Å². The molecule has 1 aromatic carbocycles. The van der Waals surface area contributed by atoms with Gasteiger partial charge in [0.25, 0.3) is 0 Å². The number of aryl methyl sites for hydroxylation is 1. The first-order valence-electron chi connectivity index (χ1n) is 9.95. The second kappa shape index (κ2) is 10.1. The Labute approximate surface area is 204 Å². The van der Waals surface area contributed by atoms with E-state index in [4.69, 9.17) is 27.9 Å². The van der Waals surface area contributed by atoms with Crippen LogP contribution in [0.4, 0.5) is 5.69 Å². The number of rotatable bonds is 7. The average molecular weight is 542 g/mol. The SMILES string of the molecule is CCOC(=O)c1nc(Br)n(C(C)C)c1C(Nc1cc(Cl)ccc1C)c1ncc(Cl)cc1O. The van der Waals surface area contributed by atoms with Gasteiger partial charge in [-0.2, -0.15) is 0 Å². The third-order valence-electron chi connectivity index (χ3n) is 4.80. The fourth-order valence-electron chi connectivity index (χ4n) is 3.37. The molecule has 0 fully saturated rings. The summed E-state index contributed by atoms with van der Waals surface area (Å²) in [6.07, 6.45) is 1.44. The minimum Gasteiger partial charge on any atom is -0.506 e. The zero-order chi connectivity index (χ0) is 23.6. The second-order valence-corrected chi connectivity index (χ2v) is 8.98. The molecule has 3 rings (SSSR count). The predicted octanol–water partition coefficient (Wildman–Crippen LogP) is 6.32. The molecule has 7 nitrogen and oxygen atoms in total. The van der Waals surface area contributed by atoms with E-state index in [1.165, 1.54) is 12.3 Å². The zero-order valence-electron chi connectivity index (χ0n) is 18.0. The van der Waals surface area contributed by atoms with Gasteiger partial charge in [0.15, 0.2) is 10.4 Å². The third kappa shape index (κ3) is 5.03. The van der Waals surface area contributed by atoms with Crippen LogP contribution >= 0.6 is 39.1 Å². The molecule has 3 aromatic rings. The molecule has 0 saturated carbocycles. The van der Waals surface area contributed by atoms with Crippen LogP contribution in [0, 0.1) is 6.92 Å². The van der Waals surface area contributed by atoms with Gasteiger partial charge in [-0.1, -0.05) is 29.3 Å². The first-order chi connectivity index (χ1) is 15.1. The summed E-state index contributed by atoms with van der Waals surface area (Å²) in [4.78, 5) is 21.6. The van der Waals surface area contributed by atoms with Crippen molar-refractivity contribution < 1.29 is 14.6 Å². The van der Waals surface area contributed by atoms with Crippen LogP contribution < -0.4 is 5.32 Å². The van der Waals surface area contributed by atoms with Crippen molar-refractivity contribution in [2.45, 2.75) is 39.8 Å². The van der Waals surface area contributed by atoms with E-state index in [9.17, 15) is 9.90 Å². The van der Waals surface area contributed by atoms with E-state index >= 15 is 0 Å². The standard InChI is InChI=1S/C22H23BrCl2N4O3/c1-5-32-21(31)19-20(29(11(2)3)22(23)28-19)18(17-16(30)9-14(25)10-26-17)27-15-8-13(24)7-6-12(15)4/h6-11,18,27,30H,5H2,1-4H3. The Bertz CT molecular complexity index is 1150. The molecular weight excluding hydrogens is 519 g/mol. The van der Waals surface area contributed by atoms with Crippen LogP contribution in [-0.2, 0) is 4.74 Å². The molecule has 0 aliphatic heterocycles. The minimum atomic E-state index is -0.773. The molecule has 0 amide bonds. The fraction of sp³-hybridized carbons (Fsp3) is 0.318. The van der Waals surface area contributed by atoms with Crippen LogP contribution in [0.3, 0.4) is 0 Å². The first-order valence-corrected chi connectivity index (χ1v) is 11.5. The quantitative estimate of drug-likeness (QED) is 0.340. The van der Waals surface area contributed by atoms with Gasteiger partial charge < -0.3 is 19.7 Å². The number of pyridine rings is 1. The smallest absolute Gasteiger partial charge is 0.358 e. The Hall–Kier alpha value is -2.29. The van der Waals surface area contributed by atoms with Crippen LogP contribution in [0.15, 0.2) is 35.2 Å². The van der Waals surface area contributed by atoms with E-state index in [0.29, 0.717) is 21.1 Å². The van der Waals surface area contributed by atoms with Gasteiger partial charge in [-0.05, 0) is 61.3 Å². The number of imidazole rings is 1. The third-order valence-corrected chi connectivity index (χ3v) is 5.80. The summed E-state index contributed by atoms with van der Waals surface area (Å²) in [7, 11) is 0. The molecule has 170 valence electrons. The fourth-order valence-corrected chi connectivity index (χ4v) is 4.47. The number of anilines is 1. The lowest BCUT2D eigenvalue weighted by atomic mass is 10.0. The highest BCUT2D eigenvalue weighted by molar-refractivity contribution is 9.10. The maximum absolute atomic E-state index is 12.8. The number of halogens is 3. The number of nitrogens with one attached hydrogen (secondary N) is 1.